The van der Waals surface area contributed by atoms with Gasteiger partial charge in [0.25, 0.3) is 0 Å². The van der Waals surface area contributed by atoms with Crippen molar-refractivity contribution in [3.05, 3.63) is 59.7 Å². The molecule has 1 N–H and O–H groups in total. The molecular formula is C18H19NO4S. The number of rotatable bonds is 4. The molecule has 0 bridgehead atoms. The minimum absolute atomic E-state index is 0.0497. The first kappa shape index (κ1) is 16.5. The van der Waals surface area contributed by atoms with Gasteiger partial charge in [0.15, 0.2) is 9.84 Å². The van der Waals surface area contributed by atoms with Crippen LogP contribution in [0.4, 0.5) is 0 Å². The van der Waals surface area contributed by atoms with E-state index >= 15 is 0 Å². The monoisotopic (exact) mass is 345 g/mol. The lowest BCUT2D eigenvalue weighted by Gasteiger charge is -2.26. The Morgan fingerprint density at radius 1 is 1.21 bits per heavy atom. The Bertz CT molecular complexity index is 861. The smallest absolute Gasteiger partial charge is 0.224 e. The van der Waals surface area contributed by atoms with E-state index in [1.165, 1.54) is 0 Å². The third kappa shape index (κ3) is 3.43. The molecule has 0 radical (unpaired) electrons. The lowest BCUT2D eigenvalue weighted by atomic mass is 10.0. The van der Waals surface area contributed by atoms with Crippen LogP contribution in [-0.2, 0) is 21.1 Å². The zero-order chi connectivity index (χ0) is 17.2. The second-order valence-corrected chi connectivity index (χ2v) is 7.87. The Kier molecular flexibility index (Phi) is 4.57. The highest BCUT2D eigenvalue weighted by Gasteiger charge is 2.30. The summed E-state index contributed by atoms with van der Waals surface area (Å²) in [5.74, 6) is 0.616. The van der Waals surface area contributed by atoms with E-state index in [1.54, 1.807) is 31.4 Å². The molecule has 1 aliphatic heterocycles. The summed E-state index contributed by atoms with van der Waals surface area (Å²) in [4.78, 5) is 12.7. The van der Waals surface area contributed by atoms with E-state index in [0.29, 0.717) is 22.6 Å². The van der Waals surface area contributed by atoms with E-state index in [1.807, 2.05) is 24.3 Å². The van der Waals surface area contributed by atoms with Crippen molar-refractivity contribution in [1.82, 2.24) is 5.32 Å². The summed E-state index contributed by atoms with van der Waals surface area (Å²) in [6, 6.07) is 13.9. The van der Waals surface area contributed by atoms with Gasteiger partial charge in [-0.25, -0.2) is 8.42 Å². The summed E-state index contributed by atoms with van der Waals surface area (Å²) < 4.78 is 29.4. The predicted molar refractivity (Wildman–Crippen MR) is 90.7 cm³/mol. The first-order chi connectivity index (χ1) is 11.5. The highest BCUT2D eigenvalue weighted by Crippen LogP contribution is 2.31. The lowest BCUT2D eigenvalue weighted by molar-refractivity contribution is -0.121. The van der Waals surface area contributed by atoms with Gasteiger partial charge in [0.2, 0.25) is 5.91 Å². The summed E-state index contributed by atoms with van der Waals surface area (Å²) in [6.07, 6.45) is 0.617. The van der Waals surface area contributed by atoms with Crippen LogP contribution in [0.15, 0.2) is 53.4 Å². The molecule has 2 aromatic carbocycles. The molecule has 1 unspecified atom stereocenters. The van der Waals surface area contributed by atoms with Crippen molar-refractivity contribution in [1.29, 1.82) is 0 Å². The quantitative estimate of drug-likeness (QED) is 0.923. The molecular weight excluding hydrogens is 326 g/mol. The average molecular weight is 345 g/mol. The molecule has 24 heavy (non-hydrogen) atoms. The molecule has 2 aromatic rings. The van der Waals surface area contributed by atoms with Gasteiger partial charge in [-0.05, 0) is 35.7 Å². The zero-order valence-corrected chi connectivity index (χ0v) is 14.2. The fourth-order valence-electron chi connectivity index (χ4n) is 2.95. The van der Waals surface area contributed by atoms with Gasteiger partial charge in [-0.3, -0.25) is 4.79 Å². The number of ether oxygens (including phenoxy) is 1. The van der Waals surface area contributed by atoms with Gasteiger partial charge in [0.1, 0.15) is 5.75 Å². The van der Waals surface area contributed by atoms with Crippen molar-refractivity contribution in [2.45, 2.75) is 23.8 Å². The van der Waals surface area contributed by atoms with Crippen LogP contribution < -0.4 is 10.1 Å². The summed E-state index contributed by atoms with van der Waals surface area (Å²) in [5.41, 5.74) is 1.52. The van der Waals surface area contributed by atoms with Crippen molar-refractivity contribution in [3.8, 4) is 5.75 Å². The summed E-state index contributed by atoms with van der Waals surface area (Å²) in [6.45, 7) is 0. The molecule has 1 heterocycles. The molecule has 1 aliphatic rings. The van der Waals surface area contributed by atoms with E-state index in [4.69, 9.17) is 4.74 Å². The van der Waals surface area contributed by atoms with E-state index in [9.17, 15) is 13.2 Å². The fraction of sp³-hybridized carbons (Fsp3) is 0.278. The van der Waals surface area contributed by atoms with Gasteiger partial charge >= 0.3 is 0 Å². The Labute approximate surface area is 141 Å². The topological polar surface area (TPSA) is 72.5 Å². The van der Waals surface area contributed by atoms with Gasteiger partial charge in [-0.15, -0.1) is 0 Å². The minimum Gasteiger partial charge on any atom is -0.497 e. The first-order valence-electron chi connectivity index (χ1n) is 7.73. The first-order valence-corrected chi connectivity index (χ1v) is 9.39. The molecule has 0 aliphatic carbocycles. The van der Waals surface area contributed by atoms with Crippen LogP contribution in [0.2, 0.25) is 0 Å². The van der Waals surface area contributed by atoms with Crippen molar-refractivity contribution in [2.75, 3.05) is 12.9 Å². The van der Waals surface area contributed by atoms with Crippen LogP contribution >= 0.6 is 0 Å². The van der Waals surface area contributed by atoms with Gasteiger partial charge in [0, 0.05) is 0 Å². The number of hydrogen-bond donors (Lipinski definition) is 1. The predicted octanol–water partition coefficient (Wildman–Crippen LogP) is 2.27. The van der Waals surface area contributed by atoms with E-state index < -0.39 is 9.84 Å². The molecule has 3 rings (SSSR count). The number of amides is 1. The third-order valence-electron chi connectivity index (χ3n) is 4.14. The zero-order valence-electron chi connectivity index (χ0n) is 13.4. The second-order valence-electron chi connectivity index (χ2n) is 5.79. The van der Waals surface area contributed by atoms with Crippen LogP contribution in [0, 0.1) is 0 Å². The molecule has 1 amide bonds. The standard InChI is InChI=1S/C18H19NO4S/c1-23-14-6-4-5-13(11-14)12-18(20)19-16-9-10-24(21,22)17-8-3-2-7-15(16)17/h2-8,11,16H,9-10,12H2,1H3,(H,19,20). The van der Waals surface area contributed by atoms with Crippen LogP contribution in [-0.4, -0.2) is 27.2 Å². The number of benzene rings is 2. The number of sulfone groups is 1. The maximum atomic E-state index is 12.4. The Morgan fingerprint density at radius 3 is 2.79 bits per heavy atom. The number of carbonyl (C=O) groups is 1. The number of nitrogens with one attached hydrogen (secondary N) is 1. The average Bonchev–Trinajstić information content (AvgIpc) is 2.58. The largest absolute Gasteiger partial charge is 0.497 e. The normalized spacial score (nSPS) is 18.5. The molecule has 0 aromatic heterocycles. The molecule has 0 saturated carbocycles. The summed E-state index contributed by atoms with van der Waals surface area (Å²) in [7, 11) is -1.66. The second kappa shape index (κ2) is 6.65. The van der Waals surface area contributed by atoms with Crippen LogP contribution in [0.1, 0.15) is 23.6 Å². The molecule has 126 valence electrons. The van der Waals surface area contributed by atoms with Crippen molar-refractivity contribution >= 4 is 15.7 Å². The summed E-state index contributed by atoms with van der Waals surface area (Å²) >= 11 is 0. The number of hydrogen-bond acceptors (Lipinski definition) is 4. The van der Waals surface area contributed by atoms with Crippen molar-refractivity contribution in [3.63, 3.8) is 0 Å². The fourth-order valence-corrected chi connectivity index (χ4v) is 4.57. The lowest BCUT2D eigenvalue weighted by Crippen LogP contribution is -2.34. The van der Waals surface area contributed by atoms with Crippen LogP contribution in [0.3, 0.4) is 0 Å². The number of fused-ring (bicyclic) bond motifs is 1. The maximum Gasteiger partial charge on any atom is 0.224 e. The van der Waals surface area contributed by atoms with Gasteiger partial charge in [-0.1, -0.05) is 30.3 Å². The Balaban J connectivity index is 1.75. The Hall–Kier alpha value is -2.34. The molecule has 0 spiro atoms. The third-order valence-corrected chi connectivity index (χ3v) is 5.95. The molecule has 1 atom stereocenters. The molecule has 5 nitrogen and oxygen atoms in total. The van der Waals surface area contributed by atoms with E-state index in [-0.39, 0.29) is 24.1 Å². The SMILES string of the molecule is COc1cccc(CC(=O)NC2CCS(=O)(=O)c3ccccc32)c1. The number of carbonyl (C=O) groups excluding carboxylic acids is 1. The van der Waals surface area contributed by atoms with Crippen molar-refractivity contribution in [2.24, 2.45) is 0 Å². The summed E-state index contributed by atoms with van der Waals surface area (Å²) in [5, 5.41) is 2.95. The minimum atomic E-state index is -3.25. The van der Waals surface area contributed by atoms with Gasteiger partial charge in [-0.2, -0.15) is 0 Å². The van der Waals surface area contributed by atoms with Gasteiger partial charge < -0.3 is 10.1 Å². The van der Waals surface area contributed by atoms with Crippen molar-refractivity contribution < 1.29 is 17.9 Å². The number of methoxy groups -OCH3 is 1. The van der Waals surface area contributed by atoms with Crippen LogP contribution in [0.5, 0.6) is 5.75 Å². The highest BCUT2D eigenvalue weighted by atomic mass is 32.2. The maximum absolute atomic E-state index is 12.4. The van der Waals surface area contributed by atoms with Gasteiger partial charge in [0.05, 0.1) is 30.2 Å². The highest BCUT2D eigenvalue weighted by molar-refractivity contribution is 7.91. The van der Waals surface area contributed by atoms with Crippen LogP contribution in [0.25, 0.3) is 0 Å². The van der Waals surface area contributed by atoms with E-state index in [2.05, 4.69) is 5.32 Å². The Morgan fingerprint density at radius 2 is 2.00 bits per heavy atom. The molecule has 0 fully saturated rings. The van der Waals surface area contributed by atoms with E-state index in [0.717, 1.165) is 5.56 Å². The molecule has 0 saturated heterocycles. The molecule has 6 heteroatoms.